The molecule has 102 valence electrons. The summed E-state index contributed by atoms with van der Waals surface area (Å²) in [7, 11) is -3.93. The lowest BCUT2D eigenvalue weighted by atomic mass is 10.2. The number of carbonyl (C=O) groups is 1. The molecule has 7 nitrogen and oxygen atoms in total. The number of nitrogens with one attached hydrogen (secondary N) is 1. The monoisotopic (exact) mass is 277 g/mol. The molecule has 0 spiro atoms. The maximum atomic E-state index is 11.8. The zero-order valence-electron chi connectivity index (χ0n) is 10.3. The first-order valence-corrected chi connectivity index (χ1v) is 6.69. The lowest BCUT2D eigenvalue weighted by Crippen LogP contribution is -2.26. The van der Waals surface area contributed by atoms with Crippen molar-refractivity contribution in [1.82, 2.24) is 4.89 Å². The van der Waals surface area contributed by atoms with Gasteiger partial charge in [-0.3, -0.25) is 4.84 Å². The molecule has 0 aliphatic heterocycles. The third-order valence-corrected chi connectivity index (χ3v) is 3.28. The maximum Gasteiger partial charge on any atom is 0.371 e. The third kappa shape index (κ3) is 3.56. The topological polar surface area (TPSA) is 106 Å². The molecule has 0 saturated carbocycles. The van der Waals surface area contributed by atoms with Crippen LogP contribution >= 0.6 is 0 Å². The highest BCUT2D eigenvalue weighted by Crippen LogP contribution is 2.19. The second kappa shape index (κ2) is 5.51. The Morgan fingerprint density at radius 2 is 2.17 bits per heavy atom. The van der Waals surface area contributed by atoms with Crippen LogP contribution in [0.3, 0.4) is 0 Å². The van der Waals surface area contributed by atoms with Crippen molar-refractivity contribution in [3.8, 4) is 0 Å². The van der Waals surface area contributed by atoms with Gasteiger partial charge in [-0.2, -0.15) is 0 Å². The van der Waals surface area contributed by atoms with Gasteiger partial charge in [0.25, 0.3) is 10.0 Å². The summed E-state index contributed by atoms with van der Waals surface area (Å²) in [6.07, 6.45) is 0. The predicted octanol–water partition coefficient (Wildman–Crippen LogP) is 1.15. The predicted molar refractivity (Wildman–Crippen MR) is 61.5 cm³/mol. The lowest BCUT2D eigenvalue weighted by Gasteiger charge is -2.07. The SMILES string of the molecule is Cc1oc(C(=O)O)cc1S(=O)(=O)NOCC(C)C. The van der Waals surface area contributed by atoms with Crippen LogP contribution in [0.15, 0.2) is 15.4 Å². The third-order valence-electron chi connectivity index (χ3n) is 1.96. The minimum atomic E-state index is -3.93. The Labute approximate surface area is 105 Å². The molecule has 0 amide bonds. The molecule has 0 aliphatic rings. The molecule has 0 aliphatic carbocycles. The summed E-state index contributed by atoms with van der Waals surface area (Å²) in [6, 6.07) is 0.943. The second-order valence-electron chi connectivity index (χ2n) is 4.13. The van der Waals surface area contributed by atoms with Gasteiger partial charge in [-0.1, -0.05) is 18.7 Å². The summed E-state index contributed by atoms with van der Waals surface area (Å²) >= 11 is 0. The number of hydrogen-bond donors (Lipinski definition) is 2. The van der Waals surface area contributed by atoms with E-state index < -0.39 is 21.8 Å². The van der Waals surface area contributed by atoms with Gasteiger partial charge < -0.3 is 9.52 Å². The van der Waals surface area contributed by atoms with Crippen LogP contribution in [0.25, 0.3) is 0 Å². The van der Waals surface area contributed by atoms with Gasteiger partial charge in [-0.15, -0.1) is 0 Å². The average Bonchev–Trinajstić information content (AvgIpc) is 2.60. The van der Waals surface area contributed by atoms with E-state index in [1.54, 1.807) is 0 Å². The fourth-order valence-corrected chi connectivity index (χ4v) is 2.16. The van der Waals surface area contributed by atoms with Crippen LogP contribution in [-0.4, -0.2) is 26.1 Å². The van der Waals surface area contributed by atoms with Gasteiger partial charge >= 0.3 is 5.97 Å². The van der Waals surface area contributed by atoms with Gasteiger partial charge in [0.2, 0.25) is 5.76 Å². The van der Waals surface area contributed by atoms with Gasteiger partial charge in [-0.05, 0) is 12.8 Å². The average molecular weight is 277 g/mol. The summed E-state index contributed by atoms with van der Waals surface area (Å²) in [6.45, 7) is 5.30. The number of rotatable bonds is 6. The molecule has 2 N–H and O–H groups in total. The van der Waals surface area contributed by atoms with Crippen molar-refractivity contribution in [3.63, 3.8) is 0 Å². The Morgan fingerprint density at radius 3 is 2.61 bits per heavy atom. The second-order valence-corrected chi connectivity index (χ2v) is 5.74. The molecule has 8 heteroatoms. The fourth-order valence-electron chi connectivity index (χ4n) is 1.16. The van der Waals surface area contributed by atoms with Crippen LogP contribution in [0.2, 0.25) is 0 Å². The molecule has 0 radical (unpaired) electrons. The number of carboxylic acids is 1. The van der Waals surface area contributed by atoms with Crippen molar-refractivity contribution >= 4 is 16.0 Å². The van der Waals surface area contributed by atoms with Crippen LogP contribution in [0.1, 0.15) is 30.2 Å². The van der Waals surface area contributed by atoms with Crippen molar-refractivity contribution in [2.75, 3.05) is 6.61 Å². The molecule has 0 saturated heterocycles. The molecule has 1 heterocycles. The van der Waals surface area contributed by atoms with Crippen LogP contribution in [0, 0.1) is 12.8 Å². The summed E-state index contributed by atoms with van der Waals surface area (Å²) in [4.78, 5) is 17.1. The quantitative estimate of drug-likeness (QED) is 0.755. The number of sulfonamides is 1. The molecule has 0 fully saturated rings. The Balaban J connectivity index is 2.88. The highest BCUT2D eigenvalue weighted by molar-refractivity contribution is 7.89. The van der Waals surface area contributed by atoms with E-state index in [0.717, 1.165) is 6.07 Å². The molecule has 0 bridgehead atoms. The van der Waals surface area contributed by atoms with Crippen LogP contribution in [-0.2, 0) is 14.9 Å². The standard InChI is InChI=1S/C10H15NO6S/c1-6(2)5-16-11-18(14,15)9-4-8(10(12)13)17-7(9)3/h4,6,11H,5H2,1-3H3,(H,12,13). The van der Waals surface area contributed by atoms with Gasteiger partial charge in [0, 0.05) is 6.07 Å². The molecule has 18 heavy (non-hydrogen) atoms. The van der Waals surface area contributed by atoms with E-state index >= 15 is 0 Å². The Hall–Kier alpha value is -1.38. The van der Waals surface area contributed by atoms with Crippen molar-refractivity contribution < 1.29 is 27.6 Å². The molecule has 0 atom stereocenters. The highest BCUT2D eigenvalue weighted by Gasteiger charge is 2.24. The molecule has 0 unspecified atom stereocenters. The first-order valence-electron chi connectivity index (χ1n) is 5.21. The van der Waals surface area contributed by atoms with Crippen molar-refractivity contribution in [3.05, 3.63) is 17.6 Å². The van der Waals surface area contributed by atoms with Crippen LogP contribution in [0.5, 0.6) is 0 Å². The number of aromatic carboxylic acids is 1. The van der Waals surface area contributed by atoms with Crippen LogP contribution < -0.4 is 4.89 Å². The van der Waals surface area contributed by atoms with Crippen molar-refractivity contribution in [1.29, 1.82) is 0 Å². The van der Waals surface area contributed by atoms with Gasteiger partial charge in [0.05, 0.1) is 6.61 Å². The molecule has 0 aromatic carbocycles. The zero-order chi connectivity index (χ0) is 13.9. The smallest absolute Gasteiger partial charge is 0.371 e. The summed E-state index contributed by atoms with van der Waals surface area (Å²) < 4.78 is 28.4. The molecule has 1 rings (SSSR count). The summed E-state index contributed by atoms with van der Waals surface area (Å²) in [5.41, 5.74) is 0. The summed E-state index contributed by atoms with van der Waals surface area (Å²) in [5.74, 6) is -1.61. The Kier molecular flexibility index (Phi) is 4.49. The number of carboxylic acid groups (broad SMARTS) is 1. The number of furan rings is 1. The van der Waals surface area contributed by atoms with Gasteiger partial charge in [0.1, 0.15) is 10.7 Å². The summed E-state index contributed by atoms with van der Waals surface area (Å²) in [5, 5.41) is 8.70. The first-order chi connectivity index (χ1) is 8.24. The fraction of sp³-hybridized carbons (Fsp3) is 0.500. The first kappa shape index (κ1) is 14.7. The van der Waals surface area contributed by atoms with Crippen molar-refractivity contribution in [2.24, 2.45) is 5.92 Å². The number of hydrogen-bond acceptors (Lipinski definition) is 5. The lowest BCUT2D eigenvalue weighted by molar-refractivity contribution is 0.0661. The van der Waals surface area contributed by atoms with Gasteiger partial charge in [-0.25, -0.2) is 13.2 Å². The van der Waals surface area contributed by atoms with Crippen molar-refractivity contribution in [2.45, 2.75) is 25.7 Å². The largest absolute Gasteiger partial charge is 0.475 e. The molecule has 1 aromatic heterocycles. The Bertz CT molecular complexity index is 531. The Morgan fingerprint density at radius 1 is 1.56 bits per heavy atom. The molecular formula is C10H15NO6S. The van der Waals surface area contributed by atoms with E-state index in [-0.39, 0.29) is 23.2 Å². The van der Waals surface area contributed by atoms with Gasteiger partial charge in [0.15, 0.2) is 0 Å². The van der Waals surface area contributed by atoms with E-state index in [4.69, 9.17) is 14.4 Å². The molecular weight excluding hydrogens is 262 g/mol. The maximum absolute atomic E-state index is 11.8. The van der Waals surface area contributed by atoms with E-state index in [9.17, 15) is 13.2 Å². The normalized spacial score (nSPS) is 12.0. The minimum Gasteiger partial charge on any atom is -0.475 e. The van der Waals surface area contributed by atoms with E-state index in [1.165, 1.54) is 6.92 Å². The van der Waals surface area contributed by atoms with E-state index in [0.29, 0.717) is 0 Å². The highest BCUT2D eigenvalue weighted by atomic mass is 32.2. The van der Waals surface area contributed by atoms with Crippen LogP contribution in [0.4, 0.5) is 0 Å². The minimum absolute atomic E-state index is 0.00644. The van der Waals surface area contributed by atoms with E-state index in [2.05, 4.69) is 0 Å². The molecule has 1 aromatic rings. The zero-order valence-corrected chi connectivity index (χ0v) is 11.1. The van der Waals surface area contributed by atoms with E-state index in [1.807, 2.05) is 18.7 Å². The number of aryl methyl sites for hydroxylation is 1.